The quantitative estimate of drug-likeness (QED) is 0.171. The molecule has 57 heavy (non-hydrogen) atoms. The highest BCUT2D eigenvalue weighted by atomic mass is 19.1. The highest BCUT2D eigenvalue weighted by molar-refractivity contribution is 6.12. The second-order valence-corrected chi connectivity index (χ2v) is 14.4. The first kappa shape index (κ1) is 32.8. The number of fused-ring (bicyclic) bond motifs is 6. The summed E-state index contributed by atoms with van der Waals surface area (Å²) in [4.78, 5) is 10.0. The first-order chi connectivity index (χ1) is 28.2. The Morgan fingerprint density at radius 1 is 0.351 bits per heavy atom. The largest absolute Gasteiger partial charge is 0.309 e. The lowest BCUT2D eigenvalue weighted by atomic mass is 9.98. The van der Waals surface area contributed by atoms with Crippen molar-refractivity contribution in [2.75, 3.05) is 0 Å². The van der Waals surface area contributed by atoms with Crippen LogP contribution in [0.25, 0.3) is 99.9 Å². The number of hydrogen-bond acceptors (Lipinski definition) is 2. The maximum Gasteiger partial charge on any atom is 0.235 e. The van der Waals surface area contributed by atoms with Gasteiger partial charge in [0, 0.05) is 39.0 Å². The van der Waals surface area contributed by atoms with Crippen molar-refractivity contribution in [1.82, 2.24) is 19.1 Å². The predicted molar refractivity (Wildman–Crippen MR) is 232 cm³/mol. The summed E-state index contributed by atoms with van der Waals surface area (Å²) < 4.78 is 18.7. The lowest BCUT2D eigenvalue weighted by Crippen LogP contribution is -2.01. The van der Waals surface area contributed by atoms with Crippen LogP contribution in [0.3, 0.4) is 0 Å². The van der Waals surface area contributed by atoms with Crippen LogP contribution in [-0.4, -0.2) is 19.1 Å². The van der Waals surface area contributed by atoms with Crippen LogP contribution in [0.15, 0.2) is 200 Å². The van der Waals surface area contributed by atoms with Crippen molar-refractivity contribution >= 4 is 43.6 Å². The molecule has 0 saturated carbocycles. The third-order valence-corrected chi connectivity index (χ3v) is 11.1. The Hall–Kier alpha value is -7.63. The van der Waals surface area contributed by atoms with E-state index in [2.05, 4.69) is 161 Å². The number of rotatable bonds is 6. The van der Waals surface area contributed by atoms with E-state index in [1.807, 2.05) is 30.5 Å². The van der Waals surface area contributed by atoms with E-state index in [-0.39, 0.29) is 5.82 Å². The van der Waals surface area contributed by atoms with Crippen LogP contribution >= 0.6 is 0 Å². The van der Waals surface area contributed by atoms with Gasteiger partial charge >= 0.3 is 0 Å². The standard InChI is InChI=1S/C52H33FN4/c53-41-14-9-15-42(33-41)56-48-18-6-4-16-43(48)45-31-38(24-26-50(45)56)39-25-27-51-46(32-39)44-17-5-7-19-49(44)57(51)52-54-29-28-47(55-52)40-13-8-12-37(30-40)36-22-20-35(21-23-36)34-10-2-1-3-11-34/h1-33H. The Balaban J connectivity index is 0.983. The van der Waals surface area contributed by atoms with E-state index in [9.17, 15) is 4.39 Å². The summed E-state index contributed by atoms with van der Waals surface area (Å²) in [6, 6.07) is 66.5. The third-order valence-electron chi connectivity index (χ3n) is 11.1. The van der Waals surface area contributed by atoms with E-state index in [1.54, 1.807) is 12.1 Å². The molecule has 11 rings (SSSR count). The van der Waals surface area contributed by atoms with E-state index < -0.39 is 0 Å². The van der Waals surface area contributed by atoms with Gasteiger partial charge in [-0.2, -0.15) is 0 Å². The minimum absolute atomic E-state index is 0.255. The molecule has 4 nitrogen and oxygen atoms in total. The molecular formula is C52H33FN4. The fourth-order valence-corrected chi connectivity index (χ4v) is 8.37. The number of halogens is 1. The smallest absolute Gasteiger partial charge is 0.235 e. The van der Waals surface area contributed by atoms with Crippen LogP contribution in [0, 0.1) is 5.82 Å². The van der Waals surface area contributed by atoms with Crippen molar-refractivity contribution in [3.8, 4) is 56.3 Å². The maximum atomic E-state index is 14.4. The lowest BCUT2D eigenvalue weighted by Gasteiger charge is -2.10. The molecular weight excluding hydrogens is 700 g/mol. The zero-order chi connectivity index (χ0) is 37.9. The Labute approximate surface area is 328 Å². The van der Waals surface area contributed by atoms with Crippen molar-refractivity contribution in [3.05, 3.63) is 206 Å². The van der Waals surface area contributed by atoms with Gasteiger partial charge in [0.25, 0.3) is 0 Å². The average Bonchev–Trinajstić information content (AvgIpc) is 3.79. The van der Waals surface area contributed by atoms with Crippen LogP contribution in [0.5, 0.6) is 0 Å². The number of benzene rings is 8. The van der Waals surface area contributed by atoms with Crippen LogP contribution < -0.4 is 0 Å². The fraction of sp³-hybridized carbons (Fsp3) is 0. The Morgan fingerprint density at radius 3 is 1.56 bits per heavy atom. The Morgan fingerprint density at radius 2 is 0.860 bits per heavy atom. The molecule has 8 aromatic carbocycles. The van der Waals surface area contributed by atoms with Gasteiger partial charge in [0.2, 0.25) is 5.95 Å². The fourth-order valence-electron chi connectivity index (χ4n) is 8.37. The van der Waals surface area contributed by atoms with Gasteiger partial charge in [0.1, 0.15) is 5.82 Å². The molecule has 0 fully saturated rings. The molecule has 3 heterocycles. The molecule has 0 unspecified atom stereocenters. The van der Waals surface area contributed by atoms with Crippen molar-refractivity contribution in [2.24, 2.45) is 0 Å². The molecule has 5 heteroatoms. The van der Waals surface area contributed by atoms with E-state index in [4.69, 9.17) is 9.97 Å². The molecule has 0 atom stereocenters. The number of nitrogens with zero attached hydrogens (tertiary/aromatic N) is 4. The summed E-state index contributed by atoms with van der Waals surface area (Å²) >= 11 is 0. The maximum absolute atomic E-state index is 14.4. The molecule has 0 bridgehead atoms. The third kappa shape index (κ3) is 5.59. The molecule has 0 aliphatic carbocycles. The Bertz CT molecular complexity index is 3300. The van der Waals surface area contributed by atoms with Crippen LogP contribution in [0.2, 0.25) is 0 Å². The molecule has 0 saturated heterocycles. The van der Waals surface area contributed by atoms with Crippen LogP contribution in [-0.2, 0) is 0 Å². The van der Waals surface area contributed by atoms with Gasteiger partial charge in [-0.1, -0.05) is 127 Å². The first-order valence-corrected chi connectivity index (χ1v) is 19.1. The molecule has 0 aliphatic rings. The number of hydrogen-bond donors (Lipinski definition) is 0. The summed E-state index contributed by atoms with van der Waals surface area (Å²) in [5.74, 6) is 0.366. The van der Waals surface area contributed by atoms with Gasteiger partial charge in [0.05, 0.1) is 27.8 Å². The normalized spacial score (nSPS) is 11.6. The van der Waals surface area contributed by atoms with Gasteiger partial charge in [-0.15, -0.1) is 0 Å². The zero-order valence-electron chi connectivity index (χ0n) is 30.7. The van der Waals surface area contributed by atoms with Crippen molar-refractivity contribution in [2.45, 2.75) is 0 Å². The van der Waals surface area contributed by atoms with E-state index in [1.165, 1.54) is 17.2 Å². The lowest BCUT2D eigenvalue weighted by molar-refractivity contribution is 0.627. The summed E-state index contributed by atoms with van der Waals surface area (Å²) in [5.41, 5.74) is 13.7. The highest BCUT2D eigenvalue weighted by Crippen LogP contribution is 2.38. The van der Waals surface area contributed by atoms with Gasteiger partial charge in [-0.05, 0) is 100 Å². The Kier molecular flexibility index (Phi) is 7.64. The first-order valence-electron chi connectivity index (χ1n) is 19.1. The molecule has 0 amide bonds. The predicted octanol–water partition coefficient (Wildman–Crippen LogP) is 13.5. The van der Waals surface area contributed by atoms with E-state index in [0.717, 1.165) is 82.8 Å². The topological polar surface area (TPSA) is 35.6 Å². The summed E-state index contributed by atoms with van der Waals surface area (Å²) in [7, 11) is 0. The molecule has 3 aromatic heterocycles. The van der Waals surface area contributed by atoms with Crippen LogP contribution in [0.4, 0.5) is 4.39 Å². The monoisotopic (exact) mass is 732 g/mol. The average molecular weight is 733 g/mol. The van der Waals surface area contributed by atoms with E-state index in [0.29, 0.717) is 5.95 Å². The summed E-state index contributed by atoms with van der Waals surface area (Å²) in [6.07, 6.45) is 1.85. The molecule has 268 valence electrons. The highest BCUT2D eigenvalue weighted by Gasteiger charge is 2.18. The second-order valence-electron chi connectivity index (χ2n) is 14.4. The molecule has 0 aliphatic heterocycles. The molecule has 0 radical (unpaired) electrons. The van der Waals surface area contributed by atoms with E-state index >= 15 is 0 Å². The molecule has 0 spiro atoms. The van der Waals surface area contributed by atoms with Crippen molar-refractivity contribution in [1.29, 1.82) is 0 Å². The van der Waals surface area contributed by atoms with Gasteiger partial charge in [-0.3, -0.25) is 4.57 Å². The van der Waals surface area contributed by atoms with Gasteiger partial charge in [0.15, 0.2) is 0 Å². The van der Waals surface area contributed by atoms with Crippen molar-refractivity contribution in [3.63, 3.8) is 0 Å². The van der Waals surface area contributed by atoms with Gasteiger partial charge < -0.3 is 4.57 Å². The molecule has 0 N–H and O–H groups in total. The number of para-hydroxylation sites is 2. The zero-order valence-corrected chi connectivity index (χ0v) is 30.7. The second kappa shape index (κ2) is 13.3. The van der Waals surface area contributed by atoms with Gasteiger partial charge in [-0.25, -0.2) is 14.4 Å². The molecule has 11 aromatic rings. The van der Waals surface area contributed by atoms with Crippen LogP contribution in [0.1, 0.15) is 0 Å². The van der Waals surface area contributed by atoms with Crippen molar-refractivity contribution < 1.29 is 4.39 Å². The summed E-state index contributed by atoms with van der Waals surface area (Å²) in [6.45, 7) is 0. The summed E-state index contributed by atoms with van der Waals surface area (Å²) in [5, 5.41) is 4.50. The minimum Gasteiger partial charge on any atom is -0.309 e. The SMILES string of the molecule is Fc1cccc(-n2c3ccccc3c3cc(-c4ccc5c(c4)c4ccccc4n5-c4nccc(-c5cccc(-c6ccc(-c7ccccc7)cc6)c5)n4)ccc32)c1. The minimum atomic E-state index is -0.255. The number of aromatic nitrogens is 4.